The van der Waals surface area contributed by atoms with Gasteiger partial charge in [-0.05, 0) is 12.6 Å². The van der Waals surface area contributed by atoms with Crippen molar-refractivity contribution in [2.24, 2.45) is 4.99 Å². The van der Waals surface area contributed by atoms with Gasteiger partial charge in [0.05, 0.1) is 0 Å². The molecule has 0 saturated carbocycles. The maximum Gasteiger partial charge on any atom is 0.195 e. The van der Waals surface area contributed by atoms with Crippen LogP contribution >= 0.6 is 0 Å². The van der Waals surface area contributed by atoms with Crippen LogP contribution in [0.2, 0.25) is 0 Å². The van der Waals surface area contributed by atoms with E-state index < -0.39 is 0 Å². The largest absolute Gasteiger partial charge is 0.440 e. The Kier molecular flexibility index (Phi) is 4.44. The van der Waals surface area contributed by atoms with Crippen LogP contribution in [0.4, 0.5) is 0 Å². The molecule has 0 aliphatic carbocycles. The van der Waals surface area contributed by atoms with E-state index in [2.05, 4.69) is 17.1 Å². The maximum atomic E-state index is 6.03. The molecule has 0 N–H and O–H groups in total. The van der Waals surface area contributed by atoms with Gasteiger partial charge in [-0.2, -0.15) is 0 Å². The summed E-state index contributed by atoms with van der Waals surface area (Å²) in [7, 11) is 1.78. The highest BCUT2D eigenvalue weighted by atomic mass is 16.4. The minimum atomic E-state index is 0.748. The van der Waals surface area contributed by atoms with Gasteiger partial charge in [0.15, 0.2) is 11.7 Å². The lowest BCUT2D eigenvalue weighted by Gasteiger charge is -2.00. The minimum Gasteiger partial charge on any atom is -0.440 e. The molecule has 0 bridgehead atoms. The summed E-state index contributed by atoms with van der Waals surface area (Å²) in [6.45, 7) is 0. The van der Waals surface area contributed by atoms with Crippen molar-refractivity contribution in [1.82, 2.24) is 4.98 Å². The molecule has 1 aromatic heterocycles. The van der Waals surface area contributed by atoms with Gasteiger partial charge in [0.2, 0.25) is 0 Å². The van der Waals surface area contributed by atoms with Gasteiger partial charge in [-0.25, -0.2) is 4.98 Å². The Labute approximate surface area is 130 Å². The molecule has 0 amide bonds. The van der Waals surface area contributed by atoms with Crippen molar-refractivity contribution in [2.45, 2.75) is 12.8 Å². The van der Waals surface area contributed by atoms with Gasteiger partial charge in [-0.1, -0.05) is 60.7 Å². The summed E-state index contributed by atoms with van der Waals surface area (Å²) < 4.78 is 6.03. The smallest absolute Gasteiger partial charge is 0.195 e. The highest BCUT2D eigenvalue weighted by molar-refractivity contribution is 5.76. The molecule has 3 heteroatoms. The van der Waals surface area contributed by atoms with Gasteiger partial charge in [0.25, 0.3) is 0 Å². The second-order valence-electron chi connectivity index (χ2n) is 5.00. The van der Waals surface area contributed by atoms with Crippen molar-refractivity contribution < 1.29 is 4.42 Å². The fourth-order valence-corrected chi connectivity index (χ4v) is 2.37. The first kappa shape index (κ1) is 14.3. The normalized spacial score (nSPS) is 11.1. The molecule has 110 valence electrons. The Hall–Kier alpha value is -2.68. The van der Waals surface area contributed by atoms with Crippen molar-refractivity contribution in [2.75, 3.05) is 7.05 Å². The Bertz CT molecular complexity index is 689. The topological polar surface area (TPSA) is 38.4 Å². The number of rotatable bonds is 5. The molecular formula is C19H18N2O. The molecular weight excluding hydrogens is 272 g/mol. The SMILES string of the molecule is CN=CCCc1nc(-c2ccccc2)c(-c2ccccc2)o1. The van der Waals surface area contributed by atoms with Crippen molar-refractivity contribution in [1.29, 1.82) is 0 Å². The number of aryl methyl sites for hydroxylation is 1. The van der Waals surface area contributed by atoms with Crippen LogP contribution in [0, 0.1) is 0 Å². The molecule has 0 fully saturated rings. The predicted molar refractivity (Wildman–Crippen MR) is 90.1 cm³/mol. The molecule has 22 heavy (non-hydrogen) atoms. The fourth-order valence-electron chi connectivity index (χ4n) is 2.37. The molecule has 3 aromatic rings. The molecule has 0 aliphatic rings. The summed E-state index contributed by atoms with van der Waals surface area (Å²) in [5, 5.41) is 0. The summed E-state index contributed by atoms with van der Waals surface area (Å²) in [5.41, 5.74) is 3.01. The van der Waals surface area contributed by atoms with Crippen LogP contribution < -0.4 is 0 Å². The molecule has 3 rings (SSSR count). The lowest BCUT2D eigenvalue weighted by molar-refractivity contribution is 0.510. The number of hydrogen-bond acceptors (Lipinski definition) is 3. The van der Waals surface area contributed by atoms with E-state index in [1.54, 1.807) is 7.05 Å². The molecule has 1 heterocycles. The Morgan fingerprint density at radius 3 is 2.23 bits per heavy atom. The zero-order chi connectivity index (χ0) is 15.2. The second kappa shape index (κ2) is 6.85. The molecule has 3 nitrogen and oxygen atoms in total. The van der Waals surface area contributed by atoms with Crippen LogP contribution in [0.25, 0.3) is 22.6 Å². The van der Waals surface area contributed by atoms with Gasteiger partial charge in [0, 0.05) is 24.6 Å². The monoisotopic (exact) mass is 290 g/mol. The lowest BCUT2D eigenvalue weighted by atomic mass is 10.1. The van der Waals surface area contributed by atoms with E-state index >= 15 is 0 Å². The lowest BCUT2D eigenvalue weighted by Crippen LogP contribution is -1.86. The minimum absolute atomic E-state index is 0.748. The molecule has 0 aliphatic heterocycles. The summed E-state index contributed by atoms with van der Waals surface area (Å²) >= 11 is 0. The quantitative estimate of drug-likeness (QED) is 0.642. The second-order valence-corrected chi connectivity index (χ2v) is 5.00. The molecule has 0 spiro atoms. The van der Waals surface area contributed by atoms with Crippen LogP contribution in [0.15, 0.2) is 70.1 Å². The number of aromatic nitrogens is 1. The number of benzene rings is 2. The standard InChI is InChI=1S/C19H18N2O/c1-20-14-8-13-17-21-18(15-9-4-2-5-10-15)19(22-17)16-11-6-3-7-12-16/h2-7,9-12,14H,8,13H2,1H3. The molecule has 0 atom stereocenters. The van der Waals surface area contributed by atoms with E-state index in [1.807, 2.05) is 54.7 Å². The van der Waals surface area contributed by atoms with Crippen LogP contribution in [0.3, 0.4) is 0 Å². The highest BCUT2D eigenvalue weighted by Crippen LogP contribution is 2.32. The highest BCUT2D eigenvalue weighted by Gasteiger charge is 2.16. The van der Waals surface area contributed by atoms with Gasteiger partial charge >= 0.3 is 0 Å². The first-order valence-electron chi connectivity index (χ1n) is 7.39. The zero-order valence-corrected chi connectivity index (χ0v) is 12.6. The van der Waals surface area contributed by atoms with E-state index in [4.69, 9.17) is 9.40 Å². The van der Waals surface area contributed by atoms with E-state index in [-0.39, 0.29) is 0 Å². The van der Waals surface area contributed by atoms with Crippen molar-refractivity contribution in [3.05, 3.63) is 66.6 Å². The third-order valence-corrected chi connectivity index (χ3v) is 3.42. The summed E-state index contributed by atoms with van der Waals surface area (Å²) in [6.07, 6.45) is 3.47. The van der Waals surface area contributed by atoms with Gasteiger partial charge in [-0.3, -0.25) is 0 Å². The van der Waals surface area contributed by atoms with Gasteiger partial charge in [-0.15, -0.1) is 0 Å². The summed E-state index contributed by atoms with van der Waals surface area (Å²) in [4.78, 5) is 8.70. The Morgan fingerprint density at radius 2 is 1.59 bits per heavy atom. The first-order chi connectivity index (χ1) is 10.9. The van der Waals surface area contributed by atoms with E-state index in [0.29, 0.717) is 0 Å². The Balaban J connectivity index is 2.02. The van der Waals surface area contributed by atoms with E-state index in [0.717, 1.165) is 41.3 Å². The average molecular weight is 290 g/mol. The van der Waals surface area contributed by atoms with Crippen molar-refractivity contribution in [3.8, 4) is 22.6 Å². The van der Waals surface area contributed by atoms with Crippen molar-refractivity contribution in [3.63, 3.8) is 0 Å². The van der Waals surface area contributed by atoms with Crippen LogP contribution in [-0.4, -0.2) is 18.2 Å². The number of aliphatic imine (C=N–C) groups is 1. The third kappa shape index (κ3) is 3.14. The molecule has 0 saturated heterocycles. The fraction of sp³-hybridized carbons (Fsp3) is 0.158. The van der Waals surface area contributed by atoms with Crippen LogP contribution in [-0.2, 0) is 6.42 Å². The average Bonchev–Trinajstić information content (AvgIpc) is 3.01. The number of nitrogens with zero attached hydrogens (tertiary/aromatic N) is 2. The third-order valence-electron chi connectivity index (χ3n) is 3.42. The van der Waals surface area contributed by atoms with Crippen LogP contribution in [0.1, 0.15) is 12.3 Å². The van der Waals surface area contributed by atoms with Gasteiger partial charge < -0.3 is 9.41 Å². The van der Waals surface area contributed by atoms with Crippen molar-refractivity contribution >= 4 is 6.21 Å². The zero-order valence-electron chi connectivity index (χ0n) is 12.6. The molecule has 0 radical (unpaired) electrons. The molecule has 2 aromatic carbocycles. The summed E-state index contributed by atoms with van der Waals surface area (Å²) in [6, 6.07) is 20.3. The van der Waals surface area contributed by atoms with E-state index in [1.165, 1.54) is 0 Å². The van der Waals surface area contributed by atoms with Crippen LogP contribution in [0.5, 0.6) is 0 Å². The van der Waals surface area contributed by atoms with Gasteiger partial charge in [0.1, 0.15) is 5.69 Å². The number of hydrogen-bond donors (Lipinski definition) is 0. The van der Waals surface area contributed by atoms with E-state index in [9.17, 15) is 0 Å². The maximum absolute atomic E-state index is 6.03. The Morgan fingerprint density at radius 1 is 0.955 bits per heavy atom. The number of oxazole rings is 1. The first-order valence-corrected chi connectivity index (χ1v) is 7.39. The summed E-state index contributed by atoms with van der Waals surface area (Å²) in [5.74, 6) is 1.58. The molecule has 0 unspecified atom stereocenters. The predicted octanol–water partition coefficient (Wildman–Crippen LogP) is 4.64.